The molecule has 0 bridgehead atoms. The Balaban J connectivity index is 1.38. The molecule has 11 nitrogen and oxygen atoms in total. The molecule has 3 heterocycles. The monoisotopic (exact) mass is 533 g/mol. The van der Waals surface area contributed by atoms with Crippen LogP contribution in [-0.2, 0) is 7.05 Å². The van der Waals surface area contributed by atoms with Gasteiger partial charge >= 0.3 is 0 Å². The topological polar surface area (TPSA) is 139 Å². The molecule has 1 aliphatic carbocycles. The number of hydrogen-bond donors (Lipinski definition) is 4. The molecule has 4 aromatic rings. The highest BCUT2D eigenvalue weighted by molar-refractivity contribution is 5.94. The van der Waals surface area contributed by atoms with Gasteiger partial charge < -0.3 is 20.3 Å². The highest BCUT2D eigenvalue weighted by atomic mass is 16.5. The van der Waals surface area contributed by atoms with Gasteiger partial charge in [-0.2, -0.15) is 5.10 Å². The highest BCUT2D eigenvalue weighted by Gasteiger charge is 2.27. The number of benzene rings is 1. The van der Waals surface area contributed by atoms with E-state index < -0.39 is 6.23 Å². The lowest BCUT2D eigenvalue weighted by Gasteiger charge is -2.29. The molecule has 1 aliphatic rings. The van der Waals surface area contributed by atoms with E-state index in [1.54, 1.807) is 13.1 Å². The van der Waals surface area contributed by atoms with Crippen LogP contribution in [0.4, 0.5) is 5.82 Å². The number of fused-ring (bicyclic) bond motifs is 1. The Hall–Kier alpha value is -3.80. The molecule has 1 atom stereocenters. The van der Waals surface area contributed by atoms with Crippen molar-refractivity contribution in [2.45, 2.75) is 51.0 Å². The molecular formula is C28H35N7O4. The van der Waals surface area contributed by atoms with Crippen LogP contribution in [0.2, 0.25) is 0 Å². The molecule has 0 saturated heterocycles. The number of nitrogens with one attached hydrogen (secondary N) is 2. The number of aromatic nitrogens is 5. The minimum absolute atomic E-state index is 0.0324. The first-order valence-corrected chi connectivity index (χ1v) is 13.4. The predicted molar refractivity (Wildman–Crippen MR) is 149 cm³/mol. The molecule has 0 radical (unpaired) electrons. The van der Waals surface area contributed by atoms with Crippen LogP contribution in [0.25, 0.3) is 22.2 Å². The summed E-state index contributed by atoms with van der Waals surface area (Å²) in [7, 11) is 1.62. The Bertz CT molecular complexity index is 1460. The van der Waals surface area contributed by atoms with Gasteiger partial charge in [0.2, 0.25) is 5.88 Å². The number of ether oxygens (including phenoxy) is 1. The molecule has 0 amide bonds. The molecule has 206 valence electrons. The highest BCUT2D eigenvalue weighted by Crippen LogP contribution is 2.36. The van der Waals surface area contributed by atoms with E-state index in [9.17, 15) is 9.90 Å². The first-order valence-electron chi connectivity index (χ1n) is 13.4. The number of hydrogen-bond acceptors (Lipinski definition) is 9. The molecule has 1 aromatic carbocycles. The Kier molecular flexibility index (Phi) is 8.20. The van der Waals surface area contributed by atoms with Gasteiger partial charge in [0.15, 0.2) is 0 Å². The molecule has 4 N–H and O–H groups in total. The van der Waals surface area contributed by atoms with Gasteiger partial charge in [-0.25, -0.2) is 9.67 Å². The van der Waals surface area contributed by atoms with E-state index in [0.717, 1.165) is 65.8 Å². The molecule has 3 aromatic heterocycles. The predicted octanol–water partition coefficient (Wildman–Crippen LogP) is 2.76. The molecule has 39 heavy (non-hydrogen) atoms. The molecular weight excluding hydrogens is 498 g/mol. The van der Waals surface area contributed by atoms with Crippen LogP contribution in [0, 0.1) is 0 Å². The zero-order valence-corrected chi connectivity index (χ0v) is 22.2. The lowest BCUT2D eigenvalue weighted by Crippen LogP contribution is -2.27. The van der Waals surface area contributed by atoms with Crippen molar-refractivity contribution < 1.29 is 14.9 Å². The first kappa shape index (κ1) is 26.8. The minimum atomic E-state index is -0.849. The Morgan fingerprint density at radius 1 is 1.10 bits per heavy atom. The zero-order chi connectivity index (χ0) is 27.4. The second-order valence-corrected chi connectivity index (χ2v) is 9.79. The SMILES string of the molecule is CCNc1cc2c(cn1)c(-c1ccc(C(O)NCCO)cc1)nn2C1CCC(Oc2ccc(=O)n(C)n2)CC1. The number of pyridine rings is 1. The Labute approximate surface area is 226 Å². The number of aryl methyl sites for hydroxylation is 1. The molecule has 1 unspecified atom stereocenters. The van der Waals surface area contributed by atoms with Crippen LogP contribution in [0.3, 0.4) is 0 Å². The molecule has 5 rings (SSSR count). The van der Waals surface area contributed by atoms with E-state index in [1.165, 1.54) is 10.7 Å². The summed E-state index contributed by atoms with van der Waals surface area (Å²) in [5, 5.41) is 35.7. The number of aliphatic hydroxyl groups is 2. The fraction of sp³-hybridized carbons (Fsp3) is 0.429. The van der Waals surface area contributed by atoms with Gasteiger partial charge in [-0.3, -0.25) is 14.8 Å². The van der Waals surface area contributed by atoms with Crippen molar-refractivity contribution in [3.8, 4) is 17.1 Å². The molecule has 11 heteroatoms. The Morgan fingerprint density at radius 2 is 1.87 bits per heavy atom. The van der Waals surface area contributed by atoms with Crippen LogP contribution < -0.4 is 20.9 Å². The van der Waals surface area contributed by atoms with Crippen molar-refractivity contribution in [2.24, 2.45) is 7.05 Å². The van der Waals surface area contributed by atoms with Crippen molar-refractivity contribution in [2.75, 3.05) is 25.0 Å². The third-order valence-corrected chi connectivity index (χ3v) is 7.11. The minimum Gasteiger partial charge on any atom is -0.473 e. The smallest absolute Gasteiger partial charge is 0.266 e. The summed E-state index contributed by atoms with van der Waals surface area (Å²) < 4.78 is 9.49. The van der Waals surface area contributed by atoms with Crippen LogP contribution in [0.1, 0.15) is 50.4 Å². The van der Waals surface area contributed by atoms with Crippen molar-refractivity contribution in [3.63, 3.8) is 0 Å². The van der Waals surface area contributed by atoms with Crippen LogP contribution in [0.15, 0.2) is 53.5 Å². The van der Waals surface area contributed by atoms with Crippen molar-refractivity contribution in [3.05, 3.63) is 64.6 Å². The zero-order valence-electron chi connectivity index (χ0n) is 22.2. The van der Waals surface area contributed by atoms with Crippen LogP contribution in [-0.4, -0.2) is 60.6 Å². The van der Waals surface area contributed by atoms with Gasteiger partial charge in [-0.05, 0) is 38.2 Å². The van der Waals surface area contributed by atoms with Crippen LogP contribution in [0.5, 0.6) is 5.88 Å². The average molecular weight is 534 g/mol. The fourth-order valence-corrected chi connectivity index (χ4v) is 5.07. The van der Waals surface area contributed by atoms with Gasteiger partial charge in [0.05, 0.1) is 18.2 Å². The lowest BCUT2D eigenvalue weighted by molar-refractivity contribution is 0.123. The van der Waals surface area contributed by atoms with E-state index in [1.807, 2.05) is 37.4 Å². The van der Waals surface area contributed by atoms with Crippen molar-refractivity contribution in [1.29, 1.82) is 0 Å². The summed E-state index contributed by atoms with van der Waals surface area (Å²) in [4.78, 5) is 16.2. The summed E-state index contributed by atoms with van der Waals surface area (Å²) in [5.74, 6) is 1.28. The summed E-state index contributed by atoms with van der Waals surface area (Å²) in [6, 6.07) is 13.0. The summed E-state index contributed by atoms with van der Waals surface area (Å²) in [6.45, 7) is 3.08. The standard InChI is InChI=1S/C28H35N7O4/c1-3-29-24-16-23-22(17-31-24)27(18-4-6-19(7-5-18)28(38)30-14-15-36)33-35(23)20-8-10-21(11-9-20)39-25-12-13-26(37)34(2)32-25/h4-7,12-13,16-17,20-21,28,30,36,38H,3,8-11,14-15H2,1-2H3,(H,29,31). The van der Waals surface area contributed by atoms with Gasteiger partial charge in [0.1, 0.15) is 23.8 Å². The number of anilines is 1. The quantitative estimate of drug-likeness (QED) is 0.227. The van der Waals surface area contributed by atoms with Gasteiger partial charge in [-0.1, -0.05) is 24.3 Å². The van der Waals surface area contributed by atoms with Gasteiger partial charge in [-0.15, -0.1) is 5.10 Å². The third kappa shape index (κ3) is 5.95. The maximum absolute atomic E-state index is 11.6. The maximum atomic E-state index is 11.6. The van der Waals surface area contributed by atoms with Gasteiger partial charge in [0.25, 0.3) is 5.56 Å². The molecule has 0 spiro atoms. The normalized spacial score (nSPS) is 18.3. The fourth-order valence-electron chi connectivity index (χ4n) is 5.07. The Morgan fingerprint density at radius 3 is 2.56 bits per heavy atom. The first-order chi connectivity index (χ1) is 19.0. The molecule has 0 aliphatic heterocycles. The number of nitrogens with zero attached hydrogens (tertiary/aromatic N) is 5. The summed E-state index contributed by atoms with van der Waals surface area (Å²) in [6.07, 6.45) is 4.55. The van der Waals surface area contributed by atoms with E-state index in [4.69, 9.17) is 14.9 Å². The summed E-state index contributed by atoms with van der Waals surface area (Å²) in [5.41, 5.74) is 3.36. The number of aliphatic hydroxyl groups excluding tert-OH is 2. The van der Waals surface area contributed by atoms with E-state index in [0.29, 0.717) is 12.4 Å². The largest absolute Gasteiger partial charge is 0.473 e. The third-order valence-electron chi connectivity index (χ3n) is 7.11. The van der Waals surface area contributed by atoms with E-state index in [-0.39, 0.29) is 24.3 Å². The second kappa shape index (κ2) is 11.9. The second-order valence-electron chi connectivity index (χ2n) is 9.79. The van der Waals surface area contributed by atoms with Crippen molar-refractivity contribution in [1.82, 2.24) is 29.9 Å². The van der Waals surface area contributed by atoms with E-state index in [2.05, 4.69) is 31.5 Å². The van der Waals surface area contributed by atoms with E-state index >= 15 is 0 Å². The van der Waals surface area contributed by atoms with Crippen LogP contribution >= 0.6 is 0 Å². The molecule has 1 saturated carbocycles. The van der Waals surface area contributed by atoms with Crippen molar-refractivity contribution >= 4 is 16.7 Å². The maximum Gasteiger partial charge on any atom is 0.266 e. The molecule has 1 fully saturated rings. The number of rotatable bonds is 10. The average Bonchev–Trinajstić information content (AvgIpc) is 3.33. The lowest BCUT2D eigenvalue weighted by atomic mass is 9.93. The summed E-state index contributed by atoms with van der Waals surface area (Å²) >= 11 is 0. The van der Waals surface area contributed by atoms with Gasteiger partial charge in [0, 0.05) is 55.5 Å².